The molecule has 0 aliphatic carbocycles. The van der Waals surface area contributed by atoms with E-state index in [0.29, 0.717) is 17.2 Å². The van der Waals surface area contributed by atoms with Crippen molar-refractivity contribution in [1.29, 1.82) is 0 Å². The highest BCUT2D eigenvalue weighted by Gasteiger charge is 2.21. The molecular formula is C14H18ClNO2. The zero-order chi connectivity index (χ0) is 13.1. The van der Waals surface area contributed by atoms with Crippen LogP contribution in [0.2, 0.25) is 5.02 Å². The number of carbonyl (C=O) groups is 1. The molecule has 1 aromatic rings. The van der Waals surface area contributed by atoms with Gasteiger partial charge in [-0.05, 0) is 38.1 Å². The number of nitrogens with zero attached hydrogens (tertiary/aromatic N) is 1. The van der Waals surface area contributed by atoms with E-state index in [-0.39, 0.29) is 11.9 Å². The molecule has 1 aromatic carbocycles. The molecule has 1 heterocycles. The molecular weight excluding hydrogens is 250 g/mol. The number of hydrogen-bond acceptors (Lipinski definition) is 3. The predicted octanol–water partition coefficient (Wildman–Crippen LogP) is 2.55. The molecule has 0 spiro atoms. The normalized spacial score (nSPS) is 20.1. The highest BCUT2D eigenvalue weighted by atomic mass is 35.5. The average molecular weight is 268 g/mol. The summed E-state index contributed by atoms with van der Waals surface area (Å²) in [6, 6.07) is 5.58. The number of likely N-dealkylation sites (tertiary alicyclic amines) is 1. The van der Waals surface area contributed by atoms with Crippen molar-refractivity contribution in [3.05, 3.63) is 28.8 Å². The molecule has 0 aromatic heterocycles. The quantitative estimate of drug-likeness (QED) is 0.840. The SMILES string of the molecule is CC(=O)Cc1ccc(OC2CCN(C)C2)c(Cl)c1. The number of ether oxygens (including phenoxy) is 1. The van der Waals surface area contributed by atoms with Crippen LogP contribution in [0.5, 0.6) is 5.75 Å². The van der Waals surface area contributed by atoms with Gasteiger partial charge in [0.15, 0.2) is 0 Å². The van der Waals surface area contributed by atoms with Gasteiger partial charge >= 0.3 is 0 Å². The molecule has 98 valence electrons. The molecule has 1 aliphatic rings. The summed E-state index contributed by atoms with van der Waals surface area (Å²) >= 11 is 6.18. The number of Topliss-reactive ketones (excluding diaryl/α,β-unsaturated/α-hetero) is 1. The van der Waals surface area contributed by atoms with Crippen LogP contribution in [0.25, 0.3) is 0 Å². The minimum absolute atomic E-state index is 0.136. The van der Waals surface area contributed by atoms with E-state index in [2.05, 4.69) is 11.9 Å². The Hall–Kier alpha value is -1.06. The highest BCUT2D eigenvalue weighted by molar-refractivity contribution is 6.32. The van der Waals surface area contributed by atoms with Gasteiger partial charge < -0.3 is 9.64 Å². The molecule has 3 nitrogen and oxygen atoms in total. The summed E-state index contributed by atoms with van der Waals surface area (Å²) in [5.41, 5.74) is 0.934. The van der Waals surface area contributed by atoms with Crippen LogP contribution in [-0.4, -0.2) is 36.9 Å². The Kier molecular flexibility index (Phi) is 4.25. The van der Waals surface area contributed by atoms with Gasteiger partial charge in [0.25, 0.3) is 0 Å². The first-order chi connectivity index (χ1) is 8.54. The lowest BCUT2D eigenvalue weighted by Crippen LogP contribution is -2.21. The number of rotatable bonds is 4. The number of hydrogen-bond donors (Lipinski definition) is 0. The van der Waals surface area contributed by atoms with Crippen molar-refractivity contribution in [2.45, 2.75) is 25.9 Å². The van der Waals surface area contributed by atoms with Crippen LogP contribution in [0.4, 0.5) is 0 Å². The Morgan fingerprint density at radius 2 is 2.33 bits per heavy atom. The van der Waals surface area contributed by atoms with Crippen molar-refractivity contribution in [2.75, 3.05) is 20.1 Å². The van der Waals surface area contributed by atoms with Gasteiger partial charge in [0.2, 0.25) is 0 Å². The van der Waals surface area contributed by atoms with Crippen molar-refractivity contribution in [3.63, 3.8) is 0 Å². The minimum Gasteiger partial charge on any atom is -0.487 e. The second-order valence-electron chi connectivity index (χ2n) is 4.93. The summed E-state index contributed by atoms with van der Waals surface area (Å²) in [4.78, 5) is 13.3. The van der Waals surface area contributed by atoms with Gasteiger partial charge in [-0.25, -0.2) is 0 Å². The van der Waals surface area contributed by atoms with Gasteiger partial charge in [0, 0.05) is 19.5 Å². The lowest BCUT2D eigenvalue weighted by Gasteiger charge is -2.15. The minimum atomic E-state index is 0.136. The van der Waals surface area contributed by atoms with Gasteiger partial charge in [-0.2, -0.15) is 0 Å². The smallest absolute Gasteiger partial charge is 0.138 e. The molecule has 0 bridgehead atoms. The topological polar surface area (TPSA) is 29.5 Å². The third kappa shape index (κ3) is 3.47. The Bertz CT molecular complexity index is 447. The molecule has 0 saturated carbocycles. The molecule has 0 radical (unpaired) electrons. The van der Waals surface area contributed by atoms with E-state index >= 15 is 0 Å². The van der Waals surface area contributed by atoms with Gasteiger partial charge in [0.05, 0.1) is 5.02 Å². The first kappa shape index (κ1) is 13.4. The van der Waals surface area contributed by atoms with E-state index in [1.54, 1.807) is 6.92 Å². The predicted molar refractivity (Wildman–Crippen MR) is 72.4 cm³/mol. The van der Waals surface area contributed by atoms with Crippen LogP contribution in [0.15, 0.2) is 18.2 Å². The van der Waals surface area contributed by atoms with Gasteiger partial charge in [-0.15, -0.1) is 0 Å². The van der Waals surface area contributed by atoms with E-state index in [9.17, 15) is 4.79 Å². The molecule has 1 saturated heterocycles. The van der Waals surface area contributed by atoms with Crippen LogP contribution in [0, 0.1) is 0 Å². The molecule has 18 heavy (non-hydrogen) atoms. The molecule has 1 unspecified atom stereocenters. The molecule has 2 rings (SSSR count). The summed E-state index contributed by atoms with van der Waals surface area (Å²) in [6.45, 7) is 3.57. The fourth-order valence-electron chi connectivity index (χ4n) is 2.21. The van der Waals surface area contributed by atoms with Gasteiger partial charge in [-0.1, -0.05) is 17.7 Å². The number of halogens is 1. The first-order valence-electron chi connectivity index (χ1n) is 6.17. The largest absolute Gasteiger partial charge is 0.487 e. The Morgan fingerprint density at radius 3 is 2.89 bits per heavy atom. The van der Waals surface area contributed by atoms with Crippen LogP contribution >= 0.6 is 11.6 Å². The lowest BCUT2D eigenvalue weighted by molar-refractivity contribution is -0.116. The maximum Gasteiger partial charge on any atom is 0.138 e. The number of benzene rings is 1. The van der Waals surface area contributed by atoms with Crippen molar-refractivity contribution < 1.29 is 9.53 Å². The highest BCUT2D eigenvalue weighted by Crippen LogP contribution is 2.28. The van der Waals surface area contributed by atoms with Crippen molar-refractivity contribution in [2.24, 2.45) is 0 Å². The summed E-state index contributed by atoms with van der Waals surface area (Å²) in [6.07, 6.45) is 1.67. The summed E-state index contributed by atoms with van der Waals surface area (Å²) in [5.74, 6) is 0.849. The molecule has 0 N–H and O–H groups in total. The van der Waals surface area contributed by atoms with Crippen molar-refractivity contribution in [1.82, 2.24) is 4.90 Å². The third-order valence-electron chi connectivity index (χ3n) is 3.09. The van der Waals surface area contributed by atoms with E-state index in [1.165, 1.54) is 0 Å². The monoisotopic (exact) mass is 267 g/mol. The number of carbonyl (C=O) groups excluding carboxylic acids is 1. The standard InChI is InChI=1S/C14H18ClNO2/c1-10(17)7-11-3-4-14(13(15)8-11)18-12-5-6-16(2)9-12/h3-4,8,12H,5-7,9H2,1-2H3. The molecule has 0 amide bonds. The van der Waals surface area contributed by atoms with Crippen molar-refractivity contribution in [3.8, 4) is 5.75 Å². The maximum absolute atomic E-state index is 11.0. The summed E-state index contributed by atoms with van der Waals surface area (Å²) in [5, 5.41) is 0.586. The number of likely N-dealkylation sites (N-methyl/N-ethyl adjacent to an activating group) is 1. The second-order valence-corrected chi connectivity index (χ2v) is 5.34. The Balaban J connectivity index is 2.03. The second kappa shape index (κ2) is 5.72. The van der Waals surface area contributed by atoms with E-state index in [0.717, 1.165) is 25.1 Å². The van der Waals surface area contributed by atoms with E-state index in [1.807, 2.05) is 18.2 Å². The molecule has 1 atom stereocenters. The van der Waals surface area contributed by atoms with E-state index < -0.39 is 0 Å². The van der Waals surface area contributed by atoms with Crippen LogP contribution in [0.3, 0.4) is 0 Å². The first-order valence-corrected chi connectivity index (χ1v) is 6.55. The van der Waals surface area contributed by atoms with Crippen LogP contribution in [-0.2, 0) is 11.2 Å². The maximum atomic E-state index is 11.0. The van der Waals surface area contributed by atoms with Gasteiger partial charge in [0.1, 0.15) is 17.6 Å². The Morgan fingerprint density at radius 1 is 1.56 bits per heavy atom. The van der Waals surface area contributed by atoms with Crippen LogP contribution < -0.4 is 4.74 Å². The summed E-state index contributed by atoms with van der Waals surface area (Å²) < 4.78 is 5.88. The van der Waals surface area contributed by atoms with Crippen molar-refractivity contribution >= 4 is 17.4 Å². The summed E-state index contributed by atoms with van der Waals surface area (Å²) in [7, 11) is 2.08. The molecule has 1 aliphatic heterocycles. The molecule has 1 fully saturated rings. The average Bonchev–Trinajstić information content (AvgIpc) is 2.67. The van der Waals surface area contributed by atoms with Crippen LogP contribution in [0.1, 0.15) is 18.9 Å². The Labute approximate surface area is 113 Å². The third-order valence-corrected chi connectivity index (χ3v) is 3.39. The molecule has 4 heteroatoms. The zero-order valence-corrected chi connectivity index (χ0v) is 11.5. The lowest BCUT2D eigenvalue weighted by atomic mass is 10.1. The number of ketones is 1. The zero-order valence-electron chi connectivity index (χ0n) is 10.8. The fourth-order valence-corrected chi connectivity index (χ4v) is 2.46. The fraction of sp³-hybridized carbons (Fsp3) is 0.500. The van der Waals surface area contributed by atoms with E-state index in [4.69, 9.17) is 16.3 Å². The van der Waals surface area contributed by atoms with Gasteiger partial charge in [-0.3, -0.25) is 4.79 Å².